The van der Waals surface area contributed by atoms with Crippen LogP contribution >= 0.6 is 0 Å². The summed E-state index contributed by atoms with van der Waals surface area (Å²) in [6.07, 6.45) is 1.46. The molecular weight excluding hydrogens is 470 g/mol. The van der Waals surface area contributed by atoms with Gasteiger partial charge in [0.25, 0.3) is 11.8 Å². The maximum atomic E-state index is 13.2. The first-order chi connectivity index (χ1) is 17.9. The highest BCUT2D eigenvalue weighted by atomic mass is 16.5. The number of amides is 2. The Bertz CT molecular complexity index is 1470. The average Bonchev–Trinajstić information content (AvgIpc) is 3.46. The summed E-state index contributed by atoms with van der Waals surface area (Å²) in [4.78, 5) is 46.4. The number of esters is 1. The van der Waals surface area contributed by atoms with Crippen LogP contribution in [0.1, 0.15) is 32.0 Å². The van der Waals surface area contributed by atoms with E-state index in [-0.39, 0.29) is 24.2 Å². The van der Waals surface area contributed by atoms with Gasteiger partial charge in [-0.25, -0.2) is 9.78 Å². The molecule has 0 unspecified atom stereocenters. The number of carbonyl (C=O) groups excluding carboxylic acids is 3. The molecule has 0 N–H and O–H groups in total. The van der Waals surface area contributed by atoms with Crippen molar-refractivity contribution in [2.75, 3.05) is 32.8 Å². The van der Waals surface area contributed by atoms with Gasteiger partial charge in [0.2, 0.25) is 0 Å². The normalized spacial score (nSPS) is 13.6. The number of aromatic nitrogens is 1. The van der Waals surface area contributed by atoms with Crippen LogP contribution in [0.25, 0.3) is 22.2 Å². The molecule has 0 radical (unpaired) electrons. The fraction of sp³-hybridized carbons (Fsp3) is 0.241. The first kappa shape index (κ1) is 24.2. The summed E-state index contributed by atoms with van der Waals surface area (Å²) in [5.74, 6) is -0.804. The van der Waals surface area contributed by atoms with Crippen LogP contribution in [-0.2, 0) is 9.53 Å². The van der Waals surface area contributed by atoms with Crippen LogP contribution in [-0.4, -0.2) is 65.4 Å². The summed E-state index contributed by atoms with van der Waals surface area (Å²) < 4.78 is 10.6. The van der Waals surface area contributed by atoms with Crippen LogP contribution in [0.3, 0.4) is 0 Å². The zero-order chi connectivity index (χ0) is 25.9. The van der Waals surface area contributed by atoms with Gasteiger partial charge in [-0.05, 0) is 43.7 Å². The van der Waals surface area contributed by atoms with Crippen molar-refractivity contribution < 1.29 is 23.5 Å². The number of nitrogens with zero attached hydrogens (tertiary/aromatic N) is 3. The zero-order valence-corrected chi connectivity index (χ0v) is 20.8. The van der Waals surface area contributed by atoms with Crippen molar-refractivity contribution in [2.24, 2.45) is 0 Å². The lowest BCUT2D eigenvalue weighted by Gasteiger charge is -2.34. The van der Waals surface area contributed by atoms with Gasteiger partial charge in [0, 0.05) is 37.1 Å². The quantitative estimate of drug-likeness (QED) is 0.383. The minimum atomic E-state index is -0.579. The molecule has 3 heterocycles. The highest BCUT2D eigenvalue weighted by Crippen LogP contribution is 2.28. The van der Waals surface area contributed by atoms with E-state index >= 15 is 0 Å². The summed E-state index contributed by atoms with van der Waals surface area (Å²) in [6.45, 7) is 5.15. The Morgan fingerprint density at radius 1 is 0.919 bits per heavy atom. The van der Waals surface area contributed by atoms with Gasteiger partial charge < -0.3 is 19.0 Å². The molecule has 5 rings (SSSR count). The zero-order valence-electron chi connectivity index (χ0n) is 20.8. The van der Waals surface area contributed by atoms with E-state index in [1.165, 1.54) is 6.26 Å². The van der Waals surface area contributed by atoms with Crippen molar-refractivity contribution >= 4 is 28.7 Å². The Kier molecular flexibility index (Phi) is 6.72. The maximum Gasteiger partial charge on any atom is 0.339 e. The van der Waals surface area contributed by atoms with Gasteiger partial charge in [0.1, 0.15) is 0 Å². The number of carbonyl (C=O) groups is 3. The van der Waals surface area contributed by atoms with Crippen molar-refractivity contribution in [2.45, 2.75) is 13.8 Å². The average molecular weight is 498 g/mol. The van der Waals surface area contributed by atoms with Crippen molar-refractivity contribution in [1.29, 1.82) is 0 Å². The van der Waals surface area contributed by atoms with E-state index in [4.69, 9.17) is 14.1 Å². The molecule has 0 saturated carbocycles. The van der Waals surface area contributed by atoms with Gasteiger partial charge in [0.15, 0.2) is 12.4 Å². The molecule has 8 heteroatoms. The number of pyridine rings is 1. The standard InChI is InChI=1S/C29H27N3O5/c1-19-9-10-21(20(2)16-19)25-17-23(22-6-3-4-7-24(22)30-25)29(35)37-18-27(33)31-11-13-32(14-12-31)28(34)26-8-5-15-36-26/h3-10,15-17H,11-14,18H2,1-2H3. The Labute approximate surface area is 214 Å². The molecule has 1 aliphatic heterocycles. The SMILES string of the molecule is Cc1ccc(-c2cc(C(=O)OCC(=O)N3CCN(C(=O)c4ccco4)CC3)c3ccccc3n2)c(C)c1. The van der Waals surface area contributed by atoms with Gasteiger partial charge in [-0.2, -0.15) is 0 Å². The molecule has 0 atom stereocenters. The summed E-state index contributed by atoms with van der Waals surface area (Å²) in [6, 6.07) is 18.5. The number of piperazine rings is 1. The van der Waals surface area contributed by atoms with E-state index in [1.54, 1.807) is 28.0 Å². The molecule has 1 aliphatic rings. The molecular formula is C29H27N3O5. The minimum absolute atomic E-state index is 0.201. The summed E-state index contributed by atoms with van der Waals surface area (Å²) >= 11 is 0. The summed E-state index contributed by atoms with van der Waals surface area (Å²) in [5, 5.41) is 0.665. The molecule has 2 amide bonds. The third kappa shape index (κ3) is 5.09. The molecule has 2 aromatic carbocycles. The Morgan fingerprint density at radius 2 is 1.68 bits per heavy atom. The van der Waals surface area contributed by atoms with E-state index in [0.29, 0.717) is 48.3 Å². The van der Waals surface area contributed by atoms with Crippen molar-refractivity contribution in [3.8, 4) is 11.3 Å². The third-order valence-corrected chi connectivity index (χ3v) is 6.57. The Morgan fingerprint density at radius 3 is 2.41 bits per heavy atom. The Balaban J connectivity index is 1.27. The van der Waals surface area contributed by atoms with E-state index in [2.05, 4.69) is 6.07 Å². The molecule has 1 saturated heterocycles. The van der Waals surface area contributed by atoms with E-state index < -0.39 is 5.97 Å². The molecule has 1 fully saturated rings. The summed E-state index contributed by atoms with van der Waals surface area (Å²) in [7, 11) is 0. The number of furan rings is 1. The van der Waals surface area contributed by atoms with Crippen LogP contribution in [0.2, 0.25) is 0 Å². The molecule has 37 heavy (non-hydrogen) atoms. The maximum absolute atomic E-state index is 13.2. The van der Waals surface area contributed by atoms with Crippen molar-refractivity contribution in [3.63, 3.8) is 0 Å². The number of ether oxygens (including phenoxy) is 1. The minimum Gasteiger partial charge on any atom is -0.459 e. The van der Waals surface area contributed by atoms with Crippen LogP contribution < -0.4 is 0 Å². The Hall–Kier alpha value is -4.46. The first-order valence-electron chi connectivity index (χ1n) is 12.2. The topological polar surface area (TPSA) is 93.0 Å². The van der Waals surface area contributed by atoms with Crippen LogP contribution in [0.4, 0.5) is 0 Å². The van der Waals surface area contributed by atoms with Crippen LogP contribution in [0, 0.1) is 13.8 Å². The van der Waals surface area contributed by atoms with Gasteiger partial charge in [0.05, 0.1) is 23.0 Å². The number of rotatable bonds is 5. The number of aryl methyl sites for hydroxylation is 2. The van der Waals surface area contributed by atoms with Crippen LogP contribution in [0.15, 0.2) is 71.3 Å². The van der Waals surface area contributed by atoms with Crippen LogP contribution in [0.5, 0.6) is 0 Å². The third-order valence-electron chi connectivity index (χ3n) is 6.57. The number of hydrogen-bond acceptors (Lipinski definition) is 6. The number of para-hydroxylation sites is 1. The van der Waals surface area contributed by atoms with Crippen molar-refractivity contribution in [1.82, 2.24) is 14.8 Å². The molecule has 4 aromatic rings. The van der Waals surface area contributed by atoms with E-state index in [1.807, 2.05) is 50.2 Å². The number of hydrogen-bond donors (Lipinski definition) is 0. The second-order valence-electron chi connectivity index (χ2n) is 9.12. The molecule has 2 aromatic heterocycles. The second-order valence-corrected chi connectivity index (χ2v) is 9.12. The van der Waals surface area contributed by atoms with Gasteiger partial charge in [-0.15, -0.1) is 0 Å². The lowest BCUT2D eigenvalue weighted by molar-refractivity contribution is -0.136. The van der Waals surface area contributed by atoms with Gasteiger partial charge in [-0.3, -0.25) is 9.59 Å². The molecule has 0 spiro atoms. The smallest absolute Gasteiger partial charge is 0.339 e. The summed E-state index contributed by atoms with van der Waals surface area (Å²) in [5.41, 5.74) is 4.85. The lowest BCUT2D eigenvalue weighted by Crippen LogP contribution is -2.51. The molecule has 0 aliphatic carbocycles. The monoisotopic (exact) mass is 497 g/mol. The number of benzene rings is 2. The van der Waals surface area contributed by atoms with E-state index in [9.17, 15) is 14.4 Å². The van der Waals surface area contributed by atoms with Crippen molar-refractivity contribution in [3.05, 3.63) is 89.4 Å². The molecule has 8 nitrogen and oxygen atoms in total. The fourth-order valence-electron chi connectivity index (χ4n) is 4.59. The predicted molar refractivity (Wildman–Crippen MR) is 138 cm³/mol. The largest absolute Gasteiger partial charge is 0.459 e. The second kappa shape index (κ2) is 10.3. The molecule has 0 bridgehead atoms. The number of fused-ring (bicyclic) bond motifs is 1. The van der Waals surface area contributed by atoms with Gasteiger partial charge in [-0.1, -0.05) is 42.0 Å². The lowest BCUT2D eigenvalue weighted by atomic mass is 9.99. The predicted octanol–water partition coefficient (Wildman–Crippen LogP) is 4.25. The fourth-order valence-corrected chi connectivity index (χ4v) is 4.59. The first-order valence-corrected chi connectivity index (χ1v) is 12.2. The molecule has 188 valence electrons. The highest BCUT2D eigenvalue weighted by Gasteiger charge is 2.27. The van der Waals surface area contributed by atoms with Gasteiger partial charge >= 0.3 is 5.97 Å². The van der Waals surface area contributed by atoms with E-state index in [0.717, 1.165) is 16.7 Å². The highest BCUT2D eigenvalue weighted by molar-refractivity contribution is 6.05.